The van der Waals surface area contributed by atoms with Crippen LogP contribution in [0.4, 0.5) is 0 Å². The Labute approximate surface area is 330 Å². The Hall–Kier alpha value is -7.41. The number of para-hydroxylation sites is 2. The fourth-order valence-electron chi connectivity index (χ4n) is 8.20. The Bertz CT molecular complexity index is 3530. The fraction of sp³-hybridized carbons (Fsp3) is 0. The van der Waals surface area contributed by atoms with E-state index in [0.717, 1.165) is 82.8 Å². The van der Waals surface area contributed by atoms with Crippen LogP contribution in [0.3, 0.4) is 0 Å². The zero-order valence-electron chi connectivity index (χ0n) is 30.3. The molecule has 0 spiro atoms. The van der Waals surface area contributed by atoms with Crippen LogP contribution in [0.15, 0.2) is 185 Å². The molecule has 12 rings (SSSR count). The Balaban J connectivity index is 0.981. The second kappa shape index (κ2) is 12.6. The summed E-state index contributed by atoms with van der Waals surface area (Å²) in [7, 11) is 0. The second-order valence-corrected chi connectivity index (χ2v) is 15.4. The van der Waals surface area contributed by atoms with Gasteiger partial charge in [0.1, 0.15) is 22.3 Å². The second-order valence-electron chi connectivity index (χ2n) is 14.3. The highest BCUT2D eigenvalue weighted by Gasteiger charge is 2.19. The van der Waals surface area contributed by atoms with E-state index < -0.39 is 0 Å². The Morgan fingerprint density at radius 1 is 0.333 bits per heavy atom. The van der Waals surface area contributed by atoms with Gasteiger partial charge in [0, 0.05) is 64.0 Å². The van der Waals surface area contributed by atoms with Crippen LogP contribution in [0.1, 0.15) is 0 Å². The van der Waals surface area contributed by atoms with Crippen molar-refractivity contribution in [3.63, 3.8) is 0 Å². The topological polar surface area (TPSA) is 65.0 Å². The molecule has 0 fully saturated rings. The zero-order valence-corrected chi connectivity index (χ0v) is 31.1. The van der Waals surface area contributed by atoms with E-state index in [2.05, 4.69) is 109 Å². The molecule has 0 bridgehead atoms. The number of fused-ring (bicyclic) bond motifs is 9. The number of benzene rings is 8. The largest absolute Gasteiger partial charge is 0.456 e. The standard InChI is InChI=1S/C51H29N3O2S/c1-2-10-31(11-3-1)49-52-50(54-51(53-49)34-22-26-44-40(29-34)37-12-4-7-15-42(37)55-44)32-20-18-30(19-21-32)35-24-25-36(48-47(35)39-14-5-8-16-43(39)56-48)33-23-27-46-41(28-33)38-13-6-9-17-45(38)57-46/h1-29H. The highest BCUT2D eigenvalue weighted by molar-refractivity contribution is 7.25. The maximum atomic E-state index is 6.70. The van der Waals surface area contributed by atoms with Crippen LogP contribution in [0.25, 0.3) is 120 Å². The van der Waals surface area contributed by atoms with Gasteiger partial charge in [-0.2, -0.15) is 0 Å². The molecule has 5 nitrogen and oxygen atoms in total. The SMILES string of the molecule is c1ccc(-c2nc(-c3ccc(-c4ccc(-c5ccc6sc7ccccc7c6c5)c5oc6ccccc6c45)cc3)nc(-c3ccc4oc5ccccc5c4c3)n2)cc1. The maximum Gasteiger partial charge on any atom is 0.164 e. The van der Waals surface area contributed by atoms with Gasteiger partial charge in [-0.25, -0.2) is 15.0 Å². The quantitative estimate of drug-likeness (QED) is 0.175. The highest BCUT2D eigenvalue weighted by Crippen LogP contribution is 2.44. The summed E-state index contributed by atoms with van der Waals surface area (Å²) in [5, 5.41) is 6.83. The number of rotatable bonds is 5. The van der Waals surface area contributed by atoms with Gasteiger partial charge in [0.25, 0.3) is 0 Å². The predicted octanol–water partition coefficient (Wildman–Crippen LogP) is 14.4. The van der Waals surface area contributed by atoms with E-state index in [4.69, 9.17) is 23.8 Å². The predicted molar refractivity (Wildman–Crippen MR) is 234 cm³/mol. The molecule has 0 aliphatic heterocycles. The van der Waals surface area contributed by atoms with Crippen LogP contribution < -0.4 is 0 Å². The molecule has 0 atom stereocenters. The minimum atomic E-state index is 0.603. The van der Waals surface area contributed by atoms with E-state index in [1.807, 2.05) is 78.1 Å². The number of hydrogen-bond donors (Lipinski definition) is 0. The van der Waals surface area contributed by atoms with Gasteiger partial charge >= 0.3 is 0 Å². The van der Waals surface area contributed by atoms with E-state index >= 15 is 0 Å². The van der Waals surface area contributed by atoms with Crippen molar-refractivity contribution in [1.82, 2.24) is 15.0 Å². The highest BCUT2D eigenvalue weighted by atomic mass is 32.1. The lowest BCUT2D eigenvalue weighted by atomic mass is 9.93. The first-order chi connectivity index (χ1) is 28.2. The molecule has 4 aromatic heterocycles. The summed E-state index contributed by atoms with van der Waals surface area (Å²) < 4.78 is 15.4. The van der Waals surface area contributed by atoms with E-state index in [-0.39, 0.29) is 0 Å². The number of furan rings is 2. The zero-order chi connectivity index (χ0) is 37.5. The Morgan fingerprint density at radius 2 is 0.877 bits per heavy atom. The molecule has 8 aromatic carbocycles. The van der Waals surface area contributed by atoms with Crippen LogP contribution in [-0.4, -0.2) is 15.0 Å². The van der Waals surface area contributed by atoms with Crippen LogP contribution in [0, 0.1) is 0 Å². The molecule has 0 aliphatic carbocycles. The van der Waals surface area contributed by atoms with Crippen molar-refractivity contribution in [3.05, 3.63) is 176 Å². The number of nitrogens with zero attached hydrogens (tertiary/aromatic N) is 3. The van der Waals surface area contributed by atoms with Crippen LogP contribution in [-0.2, 0) is 0 Å². The third-order valence-corrected chi connectivity index (χ3v) is 12.1. The summed E-state index contributed by atoms with van der Waals surface area (Å²) >= 11 is 1.83. The summed E-state index contributed by atoms with van der Waals surface area (Å²) in [4.78, 5) is 15.1. The number of aromatic nitrogens is 3. The first-order valence-electron chi connectivity index (χ1n) is 18.9. The number of thiophene rings is 1. The fourth-order valence-corrected chi connectivity index (χ4v) is 9.29. The third kappa shape index (κ3) is 5.19. The summed E-state index contributed by atoms with van der Waals surface area (Å²) in [6.07, 6.45) is 0. The first-order valence-corrected chi connectivity index (χ1v) is 19.7. The third-order valence-electron chi connectivity index (χ3n) is 11.0. The van der Waals surface area contributed by atoms with Gasteiger partial charge in [0.2, 0.25) is 0 Å². The van der Waals surface area contributed by atoms with Crippen molar-refractivity contribution in [2.45, 2.75) is 0 Å². The van der Waals surface area contributed by atoms with Crippen LogP contribution in [0.5, 0.6) is 0 Å². The van der Waals surface area contributed by atoms with E-state index in [0.29, 0.717) is 17.5 Å². The van der Waals surface area contributed by atoms with Gasteiger partial charge in [0.15, 0.2) is 17.5 Å². The molecular formula is C51H29N3O2S. The minimum Gasteiger partial charge on any atom is -0.456 e. The average Bonchev–Trinajstić information content (AvgIpc) is 3.97. The van der Waals surface area contributed by atoms with Crippen molar-refractivity contribution in [2.24, 2.45) is 0 Å². The summed E-state index contributed by atoms with van der Waals surface area (Å²) in [6.45, 7) is 0. The summed E-state index contributed by atoms with van der Waals surface area (Å²) in [5.74, 6) is 1.83. The lowest BCUT2D eigenvalue weighted by Gasteiger charge is -2.11. The van der Waals surface area contributed by atoms with Gasteiger partial charge in [-0.3, -0.25) is 0 Å². The minimum absolute atomic E-state index is 0.603. The van der Waals surface area contributed by atoms with Gasteiger partial charge in [0.05, 0.1) is 0 Å². The molecule has 0 N–H and O–H groups in total. The van der Waals surface area contributed by atoms with E-state index in [9.17, 15) is 0 Å². The lowest BCUT2D eigenvalue weighted by molar-refractivity contribution is 0.669. The first kappa shape index (κ1) is 31.9. The van der Waals surface area contributed by atoms with Gasteiger partial charge in [-0.05, 0) is 71.3 Å². The molecule has 0 radical (unpaired) electrons. The van der Waals surface area contributed by atoms with Crippen molar-refractivity contribution in [1.29, 1.82) is 0 Å². The van der Waals surface area contributed by atoms with Crippen LogP contribution >= 0.6 is 11.3 Å². The Morgan fingerprint density at radius 3 is 1.68 bits per heavy atom. The maximum absolute atomic E-state index is 6.70. The molecule has 57 heavy (non-hydrogen) atoms. The van der Waals surface area contributed by atoms with E-state index in [1.54, 1.807) is 0 Å². The molecular weight excluding hydrogens is 719 g/mol. The van der Waals surface area contributed by atoms with Crippen molar-refractivity contribution >= 4 is 75.4 Å². The summed E-state index contributed by atoms with van der Waals surface area (Å²) in [6, 6.07) is 61.0. The van der Waals surface area contributed by atoms with Crippen molar-refractivity contribution in [3.8, 4) is 56.4 Å². The molecule has 12 aromatic rings. The van der Waals surface area contributed by atoms with Gasteiger partial charge in [-0.1, -0.05) is 121 Å². The summed E-state index contributed by atoms with van der Waals surface area (Å²) in [5.41, 5.74) is 10.6. The molecule has 4 heterocycles. The molecule has 0 saturated heterocycles. The molecule has 0 aliphatic rings. The molecule has 0 saturated carbocycles. The molecule has 266 valence electrons. The van der Waals surface area contributed by atoms with Crippen molar-refractivity contribution < 1.29 is 8.83 Å². The molecule has 0 unspecified atom stereocenters. The van der Waals surface area contributed by atoms with E-state index in [1.165, 1.54) is 20.2 Å². The molecule has 0 amide bonds. The van der Waals surface area contributed by atoms with Crippen LogP contribution in [0.2, 0.25) is 0 Å². The normalized spacial score (nSPS) is 11.9. The molecule has 6 heteroatoms. The van der Waals surface area contributed by atoms with Gasteiger partial charge < -0.3 is 8.83 Å². The number of hydrogen-bond acceptors (Lipinski definition) is 6. The lowest BCUT2D eigenvalue weighted by Crippen LogP contribution is -2.00. The Kier molecular flexibility index (Phi) is 7.03. The average molecular weight is 748 g/mol. The smallest absolute Gasteiger partial charge is 0.164 e. The van der Waals surface area contributed by atoms with Crippen molar-refractivity contribution in [2.75, 3.05) is 0 Å². The monoisotopic (exact) mass is 747 g/mol. The van der Waals surface area contributed by atoms with Gasteiger partial charge in [-0.15, -0.1) is 11.3 Å².